The predicted octanol–water partition coefficient (Wildman–Crippen LogP) is -0.268. The molecular formula is C17H23NO10S. The number of nitrogens with zero attached hydrogens (tertiary/aromatic N) is 1. The Morgan fingerprint density at radius 2 is 1.41 bits per heavy atom. The lowest BCUT2D eigenvalue weighted by molar-refractivity contribution is -0.238. The Hall–Kier alpha value is -2.52. The molecule has 0 unspecified atom stereocenters. The summed E-state index contributed by atoms with van der Waals surface area (Å²) in [5, 5.41) is 8.74. The first-order valence-corrected chi connectivity index (χ1v) is 9.99. The van der Waals surface area contributed by atoms with E-state index in [1.54, 1.807) is 0 Å². The van der Waals surface area contributed by atoms with Crippen LogP contribution in [0.3, 0.4) is 0 Å². The fourth-order valence-corrected chi connectivity index (χ4v) is 3.96. The second kappa shape index (κ2) is 11.5. The Labute approximate surface area is 170 Å². The minimum absolute atomic E-state index is 0.0700. The molecule has 29 heavy (non-hydrogen) atoms. The molecule has 1 fully saturated rings. The zero-order chi connectivity index (χ0) is 22.1. The minimum atomic E-state index is -1.85. The van der Waals surface area contributed by atoms with E-state index in [0.29, 0.717) is 0 Å². The number of hydrogen-bond donors (Lipinski definition) is 0. The van der Waals surface area contributed by atoms with E-state index in [0.717, 1.165) is 27.7 Å². The van der Waals surface area contributed by atoms with E-state index in [2.05, 4.69) is 0 Å². The summed E-state index contributed by atoms with van der Waals surface area (Å²) in [6.07, 6.45) is -5.28. The number of rotatable bonds is 8. The molecule has 0 aromatic heterocycles. The Morgan fingerprint density at radius 3 is 1.90 bits per heavy atom. The molecule has 0 N–H and O–H groups in total. The molecule has 0 saturated carbocycles. The van der Waals surface area contributed by atoms with Crippen LogP contribution in [0.5, 0.6) is 0 Å². The molecule has 1 rings (SSSR count). The number of hydrogen-bond acceptors (Lipinski definition) is 11. The van der Waals surface area contributed by atoms with Crippen LogP contribution >= 0.6 is 0 Å². The summed E-state index contributed by atoms with van der Waals surface area (Å²) in [5.41, 5.74) is -1.32. The van der Waals surface area contributed by atoms with Gasteiger partial charge in [0, 0.05) is 39.9 Å². The molecule has 6 atom stereocenters. The van der Waals surface area contributed by atoms with Crippen molar-refractivity contribution >= 4 is 34.7 Å². The van der Waals surface area contributed by atoms with Crippen molar-refractivity contribution in [2.45, 2.75) is 64.0 Å². The number of carbonyl (C=O) groups is 4. The third-order valence-corrected chi connectivity index (χ3v) is 5.13. The smallest absolute Gasteiger partial charge is 0.303 e. The largest absolute Gasteiger partial charge is 0.463 e. The highest BCUT2D eigenvalue weighted by atomic mass is 32.2. The Morgan fingerprint density at radius 1 is 0.897 bits per heavy atom. The molecule has 12 heteroatoms. The van der Waals surface area contributed by atoms with E-state index in [4.69, 9.17) is 28.9 Å². The lowest BCUT2D eigenvalue weighted by atomic mass is 9.99. The van der Waals surface area contributed by atoms with E-state index in [1.807, 2.05) is 6.07 Å². The number of esters is 4. The van der Waals surface area contributed by atoms with E-state index in [-0.39, 0.29) is 12.2 Å². The number of carbonyl (C=O) groups excluding carboxylic acids is 4. The molecule has 0 spiro atoms. The monoisotopic (exact) mass is 433 g/mol. The van der Waals surface area contributed by atoms with Crippen molar-refractivity contribution in [3.63, 3.8) is 0 Å². The van der Waals surface area contributed by atoms with Crippen LogP contribution in [0.1, 0.15) is 34.1 Å². The zero-order valence-electron chi connectivity index (χ0n) is 16.4. The van der Waals surface area contributed by atoms with Gasteiger partial charge in [-0.2, -0.15) is 5.26 Å². The topological polar surface area (TPSA) is 155 Å². The first-order valence-electron chi connectivity index (χ1n) is 8.61. The second-order valence-electron chi connectivity index (χ2n) is 6.06. The van der Waals surface area contributed by atoms with Crippen LogP contribution in [-0.4, -0.2) is 70.3 Å². The van der Waals surface area contributed by atoms with Gasteiger partial charge in [0.1, 0.15) is 12.7 Å². The molecule has 162 valence electrons. The van der Waals surface area contributed by atoms with Gasteiger partial charge in [-0.05, 0) is 0 Å². The Kier molecular flexibility index (Phi) is 9.70. The third kappa shape index (κ3) is 7.78. The molecule has 0 aliphatic carbocycles. The maximum Gasteiger partial charge on any atom is 0.303 e. The van der Waals surface area contributed by atoms with Crippen LogP contribution in [0.25, 0.3) is 0 Å². The average Bonchev–Trinajstić information content (AvgIpc) is 2.60. The van der Waals surface area contributed by atoms with Crippen LogP contribution in [0.4, 0.5) is 0 Å². The fourth-order valence-electron chi connectivity index (χ4n) is 2.66. The summed E-state index contributed by atoms with van der Waals surface area (Å²) in [4.78, 5) is 46.0. The summed E-state index contributed by atoms with van der Waals surface area (Å²) in [6.45, 7) is 4.03. The zero-order valence-corrected chi connectivity index (χ0v) is 17.3. The van der Waals surface area contributed by atoms with E-state index >= 15 is 0 Å². The van der Waals surface area contributed by atoms with Crippen LogP contribution in [0.15, 0.2) is 0 Å². The molecule has 0 aromatic rings. The molecule has 1 heterocycles. The van der Waals surface area contributed by atoms with Gasteiger partial charge in [-0.25, -0.2) is 0 Å². The van der Waals surface area contributed by atoms with Gasteiger partial charge in [-0.3, -0.25) is 23.4 Å². The molecule has 1 aliphatic heterocycles. The fraction of sp³-hybridized carbons (Fsp3) is 0.706. The lowest BCUT2D eigenvalue weighted by Crippen LogP contribution is -2.63. The van der Waals surface area contributed by atoms with Crippen molar-refractivity contribution in [1.29, 1.82) is 5.26 Å². The van der Waals surface area contributed by atoms with Crippen molar-refractivity contribution < 1.29 is 47.1 Å². The maximum atomic E-state index is 12.7. The van der Waals surface area contributed by atoms with E-state index in [1.165, 1.54) is 0 Å². The van der Waals surface area contributed by atoms with Gasteiger partial charge in [-0.1, -0.05) is 0 Å². The molecule has 11 nitrogen and oxygen atoms in total. The van der Waals surface area contributed by atoms with E-state index in [9.17, 15) is 23.4 Å². The first-order chi connectivity index (χ1) is 13.6. The van der Waals surface area contributed by atoms with Crippen molar-refractivity contribution in [2.24, 2.45) is 0 Å². The molecule has 0 radical (unpaired) electrons. The van der Waals surface area contributed by atoms with Crippen molar-refractivity contribution in [2.75, 3.05) is 12.4 Å². The number of nitriles is 1. The van der Waals surface area contributed by atoms with Crippen molar-refractivity contribution in [3.05, 3.63) is 0 Å². The van der Waals surface area contributed by atoms with Crippen molar-refractivity contribution in [3.8, 4) is 6.07 Å². The SMILES string of the molecule is CC(=O)OC[C@H]1O[C@H]([S@@](=O)CCC#N)[C@@H](OC(C)=O)[C@@H](OC(C)=O)[C@@H]1OC(C)=O. The minimum Gasteiger partial charge on any atom is -0.463 e. The van der Waals surface area contributed by atoms with Crippen LogP contribution in [-0.2, 0) is 53.7 Å². The molecule has 1 saturated heterocycles. The van der Waals surface area contributed by atoms with Crippen LogP contribution in [0, 0.1) is 11.3 Å². The highest BCUT2D eigenvalue weighted by Crippen LogP contribution is 2.31. The van der Waals surface area contributed by atoms with Gasteiger partial charge >= 0.3 is 23.9 Å². The van der Waals surface area contributed by atoms with Crippen molar-refractivity contribution in [1.82, 2.24) is 0 Å². The quantitative estimate of drug-likeness (QED) is 0.367. The highest BCUT2D eigenvalue weighted by molar-refractivity contribution is 7.85. The first kappa shape index (κ1) is 24.5. The normalized spacial score (nSPS) is 27.1. The van der Waals surface area contributed by atoms with Gasteiger partial charge in [0.05, 0.1) is 16.9 Å². The standard InChI is InChI=1S/C17H23NO10S/c1-9(19)24-8-13-14(25-10(2)20)15(26-11(3)21)16(27-12(4)22)17(28-13)29(23)7-5-6-18/h13-17H,5,7-8H2,1-4H3/t13-,14-,15+,16+,17-,29+/m1/s1. The Bertz CT molecular complexity index is 703. The van der Waals surface area contributed by atoms with Gasteiger partial charge in [0.2, 0.25) is 0 Å². The molecule has 0 amide bonds. The summed E-state index contributed by atoms with van der Waals surface area (Å²) < 4.78 is 38.9. The number of ether oxygens (including phenoxy) is 5. The summed E-state index contributed by atoms with van der Waals surface area (Å²) in [5.74, 6) is -3.07. The van der Waals surface area contributed by atoms with Gasteiger partial charge in [-0.15, -0.1) is 0 Å². The Balaban J connectivity index is 3.35. The van der Waals surface area contributed by atoms with Gasteiger partial charge in [0.25, 0.3) is 0 Å². The average molecular weight is 433 g/mol. The molecular weight excluding hydrogens is 410 g/mol. The van der Waals surface area contributed by atoms with Crippen LogP contribution in [0.2, 0.25) is 0 Å². The van der Waals surface area contributed by atoms with Gasteiger partial charge < -0.3 is 23.7 Å². The summed E-state index contributed by atoms with van der Waals surface area (Å²) in [6, 6.07) is 1.84. The van der Waals surface area contributed by atoms with Crippen LogP contribution < -0.4 is 0 Å². The summed E-state index contributed by atoms with van der Waals surface area (Å²) >= 11 is 0. The summed E-state index contributed by atoms with van der Waals surface area (Å²) in [7, 11) is -1.85. The van der Waals surface area contributed by atoms with E-state index < -0.39 is 71.1 Å². The van der Waals surface area contributed by atoms with Gasteiger partial charge in [0.15, 0.2) is 23.7 Å². The lowest BCUT2D eigenvalue weighted by Gasteiger charge is -2.43. The molecule has 0 bridgehead atoms. The maximum absolute atomic E-state index is 12.7. The predicted molar refractivity (Wildman–Crippen MR) is 95.2 cm³/mol. The molecule has 0 aromatic carbocycles. The molecule has 1 aliphatic rings. The third-order valence-electron chi connectivity index (χ3n) is 3.62. The highest BCUT2D eigenvalue weighted by Gasteiger charge is 2.53. The second-order valence-corrected chi connectivity index (χ2v) is 7.69.